The minimum Gasteiger partial charge on any atom is -0.0581 e. The van der Waals surface area contributed by atoms with Crippen LogP contribution in [-0.2, 0) is 10.8 Å². The van der Waals surface area contributed by atoms with Crippen LogP contribution in [0.5, 0.6) is 0 Å². The Morgan fingerprint density at radius 3 is 1.73 bits per heavy atom. The van der Waals surface area contributed by atoms with E-state index in [1.54, 1.807) is 0 Å². The Morgan fingerprint density at radius 2 is 1.40 bits per heavy atom. The van der Waals surface area contributed by atoms with Gasteiger partial charge in [0.15, 0.2) is 0 Å². The van der Waals surface area contributed by atoms with Crippen molar-refractivity contribution in [2.45, 2.75) is 52.4 Å². The average Bonchev–Trinajstić information content (AvgIpc) is 1.99. The summed E-state index contributed by atoms with van der Waals surface area (Å²) in [7, 11) is 0. The molecule has 0 saturated carbocycles. The van der Waals surface area contributed by atoms with Gasteiger partial charge >= 0.3 is 0 Å². The van der Waals surface area contributed by atoms with Gasteiger partial charge in [0.05, 0.1) is 0 Å². The van der Waals surface area contributed by atoms with Crippen molar-refractivity contribution < 1.29 is 0 Å². The third kappa shape index (κ3) is 3.07. The van der Waals surface area contributed by atoms with Crippen molar-refractivity contribution in [3.8, 4) is 0 Å². The first-order valence-electron chi connectivity index (χ1n) is 5.43. The predicted molar refractivity (Wildman–Crippen MR) is 71.5 cm³/mol. The molecule has 1 rings (SSSR count). The van der Waals surface area contributed by atoms with Crippen LogP contribution in [0, 0.1) is 0 Å². The van der Waals surface area contributed by atoms with Crippen molar-refractivity contribution in [3.63, 3.8) is 0 Å². The summed E-state index contributed by atoms with van der Waals surface area (Å²) in [6.07, 6.45) is 0. The van der Waals surface area contributed by atoms with Gasteiger partial charge in [-0.25, -0.2) is 0 Å². The summed E-state index contributed by atoms with van der Waals surface area (Å²) < 4.78 is 1.22. The van der Waals surface area contributed by atoms with Crippen LogP contribution in [0.2, 0.25) is 0 Å². The van der Waals surface area contributed by atoms with Gasteiger partial charge in [0.2, 0.25) is 0 Å². The van der Waals surface area contributed by atoms with Gasteiger partial charge in [0, 0.05) is 4.47 Å². The summed E-state index contributed by atoms with van der Waals surface area (Å²) in [4.78, 5) is 0. The summed E-state index contributed by atoms with van der Waals surface area (Å²) in [6, 6.07) is 6.73. The zero-order valence-corrected chi connectivity index (χ0v) is 12.2. The minimum absolute atomic E-state index is 0.204. The van der Waals surface area contributed by atoms with Gasteiger partial charge in [0.25, 0.3) is 0 Å². The van der Waals surface area contributed by atoms with Crippen LogP contribution < -0.4 is 0 Å². The zero-order valence-electron chi connectivity index (χ0n) is 10.6. The summed E-state index contributed by atoms with van der Waals surface area (Å²) in [5.41, 5.74) is 3.17. The van der Waals surface area contributed by atoms with E-state index in [2.05, 4.69) is 75.7 Å². The number of rotatable bonds is 0. The minimum atomic E-state index is 0.204. The predicted octanol–water partition coefficient (Wildman–Crippen LogP) is 5.04. The largest absolute Gasteiger partial charge is 0.0581 e. The Hall–Kier alpha value is -0.300. The van der Waals surface area contributed by atoms with Crippen LogP contribution >= 0.6 is 15.9 Å². The molecule has 0 bridgehead atoms. The molecule has 0 nitrogen and oxygen atoms in total. The van der Waals surface area contributed by atoms with E-state index in [4.69, 9.17) is 0 Å². The first-order chi connectivity index (χ1) is 6.62. The van der Waals surface area contributed by atoms with Crippen molar-refractivity contribution in [1.82, 2.24) is 0 Å². The number of halogens is 1. The molecule has 0 amide bonds. The SMILES string of the molecule is CC(C)(C)c1ccc(C(C)(C)C)c(Br)c1. The highest BCUT2D eigenvalue weighted by atomic mass is 79.9. The lowest BCUT2D eigenvalue weighted by atomic mass is 9.82. The van der Waals surface area contributed by atoms with Crippen LogP contribution in [0.1, 0.15) is 52.7 Å². The highest BCUT2D eigenvalue weighted by Crippen LogP contribution is 2.33. The molecule has 0 heterocycles. The van der Waals surface area contributed by atoms with Crippen LogP contribution in [0.4, 0.5) is 0 Å². The van der Waals surface area contributed by atoms with Gasteiger partial charge in [0.1, 0.15) is 0 Å². The van der Waals surface area contributed by atoms with Gasteiger partial charge in [-0.3, -0.25) is 0 Å². The fourth-order valence-electron chi connectivity index (χ4n) is 1.59. The highest BCUT2D eigenvalue weighted by molar-refractivity contribution is 9.10. The lowest BCUT2D eigenvalue weighted by Crippen LogP contribution is -2.15. The fraction of sp³-hybridized carbons (Fsp3) is 0.571. The number of hydrogen-bond donors (Lipinski definition) is 0. The van der Waals surface area contributed by atoms with Gasteiger partial charge in [-0.1, -0.05) is 69.6 Å². The van der Waals surface area contributed by atoms with Crippen LogP contribution in [0.3, 0.4) is 0 Å². The fourth-order valence-corrected chi connectivity index (χ4v) is 2.56. The van der Waals surface area contributed by atoms with Gasteiger partial charge < -0.3 is 0 Å². The third-order valence-electron chi connectivity index (χ3n) is 2.64. The molecule has 1 aromatic carbocycles. The Morgan fingerprint density at radius 1 is 0.867 bits per heavy atom. The van der Waals surface area contributed by atoms with Gasteiger partial charge in [-0.2, -0.15) is 0 Å². The number of benzene rings is 1. The first-order valence-corrected chi connectivity index (χ1v) is 6.22. The molecular weight excluding hydrogens is 248 g/mol. The molecule has 0 spiro atoms. The average molecular weight is 269 g/mol. The topological polar surface area (TPSA) is 0 Å². The van der Waals surface area contributed by atoms with Crippen molar-refractivity contribution in [1.29, 1.82) is 0 Å². The van der Waals surface area contributed by atoms with Crippen molar-refractivity contribution >= 4 is 15.9 Å². The Balaban J connectivity index is 3.21. The normalized spacial score (nSPS) is 13.0. The van der Waals surface area contributed by atoms with Crippen LogP contribution in [0.15, 0.2) is 22.7 Å². The second-order valence-electron chi connectivity index (χ2n) is 6.19. The monoisotopic (exact) mass is 268 g/mol. The third-order valence-corrected chi connectivity index (χ3v) is 3.30. The van der Waals surface area contributed by atoms with E-state index >= 15 is 0 Å². The molecule has 1 heteroatoms. The molecule has 0 atom stereocenters. The maximum absolute atomic E-state index is 3.68. The lowest BCUT2D eigenvalue weighted by Gasteiger charge is -2.24. The second kappa shape index (κ2) is 3.93. The van der Waals surface area contributed by atoms with E-state index in [-0.39, 0.29) is 10.8 Å². The lowest BCUT2D eigenvalue weighted by molar-refractivity contribution is 0.574. The van der Waals surface area contributed by atoms with E-state index in [9.17, 15) is 0 Å². The van der Waals surface area contributed by atoms with Crippen molar-refractivity contribution in [2.75, 3.05) is 0 Å². The molecule has 0 saturated heterocycles. The van der Waals surface area contributed by atoms with Gasteiger partial charge in [-0.05, 0) is 28.0 Å². The smallest absolute Gasteiger partial charge is 0.0215 e. The van der Waals surface area contributed by atoms with E-state index in [0.29, 0.717) is 0 Å². The Kier molecular flexibility index (Phi) is 3.35. The molecule has 0 unspecified atom stereocenters. The molecular formula is C14H21Br. The maximum atomic E-state index is 3.68. The number of hydrogen-bond acceptors (Lipinski definition) is 0. The van der Waals surface area contributed by atoms with E-state index < -0.39 is 0 Å². The van der Waals surface area contributed by atoms with E-state index in [1.807, 2.05) is 0 Å². The maximum Gasteiger partial charge on any atom is 0.0215 e. The molecule has 84 valence electrons. The van der Waals surface area contributed by atoms with Gasteiger partial charge in [-0.15, -0.1) is 0 Å². The molecule has 0 aliphatic carbocycles. The Labute approximate surface area is 102 Å². The second-order valence-corrected chi connectivity index (χ2v) is 7.05. The molecule has 0 radical (unpaired) electrons. The van der Waals surface area contributed by atoms with E-state index in [1.165, 1.54) is 15.6 Å². The van der Waals surface area contributed by atoms with Crippen molar-refractivity contribution in [3.05, 3.63) is 33.8 Å². The summed E-state index contributed by atoms with van der Waals surface area (Å²) >= 11 is 3.68. The molecule has 0 fully saturated rings. The molecule has 0 aromatic heterocycles. The molecule has 1 aromatic rings. The Bertz CT molecular complexity index is 351. The standard InChI is InChI=1S/C14H21Br/c1-13(2,3)10-7-8-11(12(15)9-10)14(4,5)6/h7-9H,1-6H3. The van der Waals surface area contributed by atoms with Crippen molar-refractivity contribution in [2.24, 2.45) is 0 Å². The van der Waals surface area contributed by atoms with Crippen LogP contribution in [0.25, 0.3) is 0 Å². The van der Waals surface area contributed by atoms with E-state index in [0.717, 1.165) is 0 Å². The summed E-state index contributed by atoms with van der Waals surface area (Å²) in [6.45, 7) is 13.4. The molecule has 0 aliphatic rings. The first kappa shape index (κ1) is 12.8. The zero-order chi connectivity index (χ0) is 11.9. The molecule has 15 heavy (non-hydrogen) atoms. The highest BCUT2D eigenvalue weighted by Gasteiger charge is 2.20. The molecule has 0 N–H and O–H groups in total. The summed E-state index contributed by atoms with van der Waals surface area (Å²) in [5.74, 6) is 0. The van der Waals surface area contributed by atoms with Crippen LogP contribution in [-0.4, -0.2) is 0 Å². The molecule has 0 aliphatic heterocycles. The quantitative estimate of drug-likeness (QED) is 0.618. The summed E-state index contributed by atoms with van der Waals surface area (Å²) in [5, 5.41) is 0.